The summed E-state index contributed by atoms with van der Waals surface area (Å²) >= 11 is 0. The first-order valence-electron chi connectivity index (χ1n) is 7.86. The molecule has 0 saturated carbocycles. The van der Waals surface area contributed by atoms with E-state index in [4.69, 9.17) is 29.3 Å². The predicted octanol–water partition coefficient (Wildman–Crippen LogP) is 1.67. The summed E-state index contributed by atoms with van der Waals surface area (Å²) in [5.41, 5.74) is 1.40. The van der Waals surface area contributed by atoms with Crippen molar-refractivity contribution in [2.75, 3.05) is 33.9 Å². The lowest BCUT2D eigenvalue weighted by molar-refractivity contribution is -0.159. The van der Waals surface area contributed by atoms with E-state index >= 15 is 0 Å². The second-order valence-corrected chi connectivity index (χ2v) is 5.97. The molecular formula is C17H23NO6. The Morgan fingerprint density at radius 2 is 1.62 bits per heavy atom. The Kier molecular flexibility index (Phi) is 6.03. The zero-order valence-electron chi connectivity index (χ0n) is 13.9. The monoisotopic (exact) mass is 337 g/mol. The lowest BCUT2D eigenvalue weighted by atomic mass is 9.75. The maximum atomic E-state index is 9.10. The van der Waals surface area contributed by atoms with E-state index in [9.17, 15) is 0 Å². The molecule has 0 spiro atoms. The summed E-state index contributed by atoms with van der Waals surface area (Å²) in [5.74, 6) is -0.445. The average Bonchev–Trinajstić information content (AvgIpc) is 2.62. The van der Waals surface area contributed by atoms with E-state index in [1.807, 2.05) is 6.07 Å². The molecule has 1 atom stereocenters. The lowest BCUT2D eigenvalue weighted by Crippen LogP contribution is -2.46. The third kappa shape index (κ3) is 4.17. The van der Waals surface area contributed by atoms with E-state index < -0.39 is 11.9 Å². The molecule has 3 heterocycles. The van der Waals surface area contributed by atoms with Gasteiger partial charge in [-0.25, -0.2) is 9.59 Å². The number of rotatable bonds is 3. The molecule has 1 aromatic carbocycles. The SMILES string of the molecule is COc1ccc(C2CN3CCC2CC3)cc1OC.O=C(O)C(=O)O. The van der Waals surface area contributed by atoms with Crippen LogP contribution in [0.2, 0.25) is 0 Å². The molecule has 3 saturated heterocycles. The molecule has 3 fully saturated rings. The van der Waals surface area contributed by atoms with Crippen LogP contribution in [0, 0.1) is 5.92 Å². The van der Waals surface area contributed by atoms with Crippen molar-refractivity contribution in [3.8, 4) is 11.5 Å². The number of aliphatic carboxylic acids is 2. The Hall–Kier alpha value is -2.28. The zero-order valence-corrected chi connectivity index (χ0v) is 13.9. The minimum Gasteiger partial charge on any atom is -0.493 e. The standard InChI is InChI=1S/C15H21NO2.C2H2O4/c1-17-14-4-3-12(9-15(14)18-2)13-10-16-7-5-11(13)6-8-16;3-1(4)2(5)6/h3-4,9,11,13H,5-8,10H2,1-2H3;(H,3,4)(H,5,6). The minimum absolute atomic E-state index is 0.673. The highest BCUT2D eigenvalue weighted by Gasteiger charge is 2.35. The van der Waals surface area contributed by atoms with Crippen LogP contribution >= 0.6 is 0 Å². The van der Waals surface area contributed by atoms with Gasteiger partial charge in [0, 0.05) is 6.54 Å². The summed E-state index contributed by atoms with van der Waals surface area (Å²) in [4.78, 5) is 20.8. The topological polar surface area (TPSA) is 96.3 Å². The Morgan fingerprint density at radius 1 is 1.04 bits per heavy atom. The first kappa shape index (κ1) is 18.1. The molecule has 3 aliphatic heterocycles. The Bertz CT molecular complexity index is 583. The van der Waals surface area contributed by atoms with Crippen molar-refractivity contribution < 1.29 is 29.3 Å². The molecule has 0 radical (unpaired) electrons. The number of benzene rings is 1. The van der Waals surface area contributed by atoms with Gasteiger partial charge < -0.3 is 24.6 Å². The number of piperidine rings is 3. The van der Waals surface area contributed by atoms with Gasteiger partial charge in [-0.3, -0.25) is 0 Å². The van der Waals surface area contributed by atoms with Crippen LogP contribution in [0.3, 0.4) is 0 Å². The first-order valence-corrected chi connectivity index (χ1v) is 7.86. The van der Waals surface area contributed by atoms with Crippen molar-refractivity contribution in [1.82, 2.24) is 4.90 Å². The van der Waals surface area contributed by atoms with Crippen LogP contribution in [-0.2, 0) is 9.59 Å². The predicted molar refractivity (Wildman–Crippen MR) is 86.7 cm³/mol. The Labute approximate surface area is 140 Å². The second-order valence-electron chi connectivity index (χ2n) is 5.97. The quantitative estimate of drug-likeness (QED) is 0.810. The normalized spacial score (nSPS) is 24.5. The highest BCUT2D eigenvalue weighted by atomic mass is 16.5. The Balaban J connectivity index is 0.000000301. The fourth-order valence-corrected chi connectivity index (χ4v) is 3.43. The molecule has 0 amide bonds. The lowest BCUT2D eigenvalue weighted by Gasteiger charge is -2.45. The molecule has 7 nitrogen and oxygen atoms in total. The fraction of sp³-hybridized carbons (Fsp3) is 0.529. The molecule has 2 bridgehead atoms. The van der Waals surface area contributed by atoms with Crippen LogP contribution in [0.4, 0.5) is 0 Å². The van der Waals surface area contributed by atoms with Gasteiger partial charge >= 0.3 is 11.9 Å². The molecule has 0 aromatic heterocycles. The molecule has 1 unspecified atom stereocenters. The maximum Gasteiger partial charge on any atom is 0.414 e. The van der Waals surface area contributed by atoms with E-state index in [1.165, 1.54) is 38.0 Å². The number of nitrogens with zero attached hydrogens (tertiary/aromatic N) is 1. The summed E-state index contributed by atoms with van der Waals surface area (Å²) in [5, 5.41) is 14.8. The third-order valence-corrected chi connectivity index (χ3v) is 4.67. The Morgan fingerprint density at radius 3 is 2.04 bits per heavy atom. The molecule has 0 aliphatic carbocycles. The van der Waals surface area contributed by atoms with Crippen LogP contribution in [0.5, 0.6) is 11.5 Å². The summed E-state index contributed by atoms with van der Waals surface area (Å²) in [6.07, 6.45) is 2.69. The smallest absolute Gasteiger partial charge is 0.414 e. The molecule has 1 aromatic rings. The van der Waals surface area contributed by atoms with Crippen LogP contribution in [-0.4, -0.2) is 60.9 Å². The van der Waals surface area contributed by atoms with E-state index in [0.29, 0.717) is 5.92 Å². The maximum absolute atomic E-state index is 9.10. The third-order valence-electron chi connectivity index (χ3n) is 4.67. The largest absolute Gasteiger partial charge is 0.493 e. The van der Waals surface area contributed by atoms with Gasteiger partial charge in [0.15, 0.2) is 11.5 Å². The number of carboxylic acids is 2. The van der Waals surface area contributed by atoms with E-state index in [-0.39, 0.29) is 0 Å². The molecule has 24 heavy (non-hydrogen) atoms. The highest BCUT2D eigenvalue weighted by Crippen LogP contribution is 2.41. The summed E-state index contributed by atoms with van der Waals surface area (Å²) in [6, 6.07) is 6.39. The molecule has 132 valence electrons. The number of hydrogen-bond acceptors (Lipinski definition) is 5. The van der Waals surface area contributed by atoms with Crippen LogP contribution < -0.4 is 9.47 Å². The molecule has 3 aliphatic rings. The van der Waals surface area contributed by atoms with Gasteiger partial charge in [-0.1, -0.05) is 6.07 Å². The summed E-state index contributed by atoms with van der Waals surface area (Å²) in [6.45, 7) is 3.78. The van der Waals surface area contributed by atoms with Gasteiger partial charge in [-0.2, -0.15) is 0 Å². The number of carboxylic acid groups (broad SMARTS) is 2. The highest BCUT2D eigenvalue weighted by molar-refractivity contribution is 6.27. The average molecular weight is 337 g/mol. The van der Waals surface area contributed by atoms with E-state index in [1.54, 1.807) is 14.2 Å². The first-order chi connectivity index (χ1) is 11.5. The summed E-state index contributed by atoms with van der Waals surface area (Å²) in [7, 11) is 3.39. The van der Waals surface area contributed by atoms with E-state index in [0.717, 1.165) is 17.4 Å². The van der Waals surface area contributed by atoms with Crippen LogP contribution in [0.25, 0.3) is 0 Å². The number of carbonyl (C=O) groups is 2. The molecular weight excluding hydrogens is 314 g/mol. The van der Waals surface area contributed by atoms with Crippen molar-refractivity contribution in [1.29, 1.82) is 0 Å². The molecule has 4 rings (SSSR count). The van der Waals surface area contributed by atoms with Gasteiger partial charge in [-0.05, 0) is 55.5 Å². The molecule has 7 heteroatoms. The van der Waals surface area contributed by atoms with E-state index in [2.05, 4.69) is 17.0 Å². The summed E-state index contributed by atoms with van der Waals surface area (Å²) < 4.78 is 10.7. The van der Waals surface area contributed by atoms with Crippen molar-refractivity contribution in [2.45, 2.75) is 18.8 Å². The van der Waals surface area contributed by atoms with Crippen LogP contribution in [0.1, 0.15) is 24.3 Å². The van der Waals surface area contributed by atoms with Gasteiger partial charge in [0.25, 0.3) is 0 Å². The number of methoxy groups -OCH3 is 2. The van der Waals surface area contributed by atoms with Crippen molar-refractivity contribution in [3.63, 3.8) is 0 Å². The molecule has 2 N–H and O–H groups in total. The van der Waals surface area contributed by atoms with Gasteiger partial charge in [-0.15, -0.1) is 0 Å². The van der Waals surface area contributed by atoms with Gasteiger partial charge in [0.2, 0.25) is 0 Å². The zero-order chi connectivity index (χ0) is 17.7. The fourth-order valence-electron chi connectivity index (χ4n) is 3.43. The van der Waals surface area contributed by atoms with Crippen molar-refractivity contribution in [3.05, 3.63) is 23.8 Å². The van der Waals surface area contributed by atoms with Crippen LogP contribution in [0.15, 0.2) is 18.2 Å². The van der Waals surface area contributed by atoms with Crippen molar-refractivity contribution in [2.24, 2.45) is 5.92 Å². The number of hydrogen-bond donors (Lipinski definition) is 2. The number of fused-ring (bicyclic) bond motifs is 3. The van der Waals surface area contributed by atoms with Gasteiger partial charge in [0.05, 0.1) is 14.2 Å². The van der Waals surface area contributed by atoms with Gasteiger partial charge in [0.1, 0.15) is 0 Å². The minimum atomic E-state index is -1.82. The second kappa shape index (κ2) is 8.01. The number of ether oxygens (including phenoxy) is 2. The van der Waals surface area contributed by atoms with Crippen molar-refractivity contribution >= 4 is 11.9 Å².